The molecule has 2 aromatic carbocycles. The predicted molar refractivity (Wildman–Crippen MR) is 74.1 cm³/mol. The molecule has 0 aliphatic rings. The van der Waals surface area contributed by atoms with Crippen molar-refractivity contribution in [3.8, 4) is 5.75 Å². The van der Waals surface area contributed by atoms with Crippen molar-refractivity contribution < 1.29 is 5.11 Å². The number of benzene rings is 2. The van der Waals surface area contributed by atoms with Crippen LogP contribution in [0.2, 0.25) is 0 Å². The van der Waals surface area contributed by atoms with Crippen LogP contribution in [0.4, 0.5) is 0 Å². The highest BCUT2D eigenvalue weighted by molar-refractivity contribution is 8.93. The minimum Gasteiger partial charge on any atom is -0.504 e. The van der Waals surface area contributed by atoms with E-state index in [-0.39, 0.29) is 28.2 Å². The molecule has 0 bridgehead atoms. The summed E-state index contributed by atoms with van der Waals surface area (Å²) in [6.45, 7) is 0. The van der Waals surface area contributed by atoms with Gasteiger partial charge in [-0.15, -0.1) is 17.0 Å². The number of aromatic nitrogens is 1. The summed E-state index contributed by atoms with van der Waals surface area (Å²) in [5.74, 6) is -0.202. The molecule has 0 unspecified atom stereocenters. The lowest BCUT2D eigenvalue weighted by atomic mass is 10.1. The fourth-order valence-corrected chi connectivity index (χ4v) is 1.90. The van der Waals surface area contributed by atoms with Gasteiger partial charge in [0.25, 0.3) is 0 Å². The lowest BCUT2D eigenvalue weighted by molar-refractivity contribution is 0.471. The minimum atomic E-state index is -0.316. The van der Waals surface area contributed by atoms with Crippen LogP contribution < -0.4 is 5.43 Å². The van der Waals surface area contributed by atoms with E-state index in [0.717, 1.165) is 16.3 Å². The number of fused-ring (bicyclic) bond motifs is 2. The van der Waals surface area contributed by atoms with Gasteiger partial charge in [0, 0.05) is 17.1 Å². The van der Waals surface area contributed by atoms with Crippen LogP contribution in [0.15, 0.2) is 47.4 Å². The molecular formula is C13H10BrNO2. The van der Waals surface area contributed by atoms with E-state index in [9.17, 15) is 9.90 Å². The maximum Gasteiger partial charge on any atom is 0.227 e. The normalized spacial score (nSPS) is 10.4. The zero-order valence-electron chi connectivity index (χ0n) is 8.81. The Kier molecular flexibility index (Phi) is 2.90. The van der Waals surface area contributed by atoms with E-state index in [1.807, 2.05) is 24.4 Å². The first-order chi connectivity index (χ1) is 7.75. The van der Waals surface area contributed by atoms with Gasteiger partial charge in [-0.1, -0.05) is 12.1 Å². The number of aromatic amines is 1. The number of H-pyrrole nitrogens is 1. The molecule has 0 atom stereocenters. The monoisotopic (exact) mass is 291 g/mol. The molecule has 86 valence electrons. The van der Waals surface area contributed by atoms with Gasteiger partial charge in [-0.2, -0.15) is 0 Å². The van der Waals surface area contributed by atoms with Gasteiger partial charge in [0.2, 0.25) is 5.43 Å². The molecule has 0 spiro atoms. The Hall–Kier alpha value is -1.81. The number of halogens is 1. The van der Waals surface area contributed by atoms with Crippen LogP contribution in [0.5, 0.6) is 5.75 Å². The van der Waals surface area contributed by atoms with Crippen molar-refractivity contribution in [3.05, 3.63) is 52.8 Å². The second-order valence-corrected chi connectivity index (χ2v) is 3.74. The van der Waals surface area contributed by atoms with Crippen LogP contribution in [0.3, 0.4) is 0 Å². The highest BCUT2D eigenvalue weighted by atomic mass is 79.9. The van der Waals surface area contributed by atoms with Crippen LogP contribution in [0.25, 0.3) is 21.7 Å². The Morgan fingerprint density at radius 1 is 1.06 bits per heavy atom. The van der Waals surface area contributed by atoms with Crippen LogP contribution in [-0.2, 0) is 0 Å². The molecule has 17 heavy (non-hydrogen) atoms. The number of pyridine rings is 1. The number of phenolic OH excluding ortho intramolecular Hbond substituents is 1. The van der Waals surface area contributed by atoms with Crippen LogP contribution in [0.1, 0.15) is 0 Å². The zero-order chi connectivity index (χ0) is 11.1. The number of phenols is 1. The second kappa shape index (κ2) is 4.22. The predicted octanol–water partition coefficient (Wildman–Crippen LogP) is 2.96. The van der Waals surface area contributed by atoms with Crippen molar-refractivity contribution in [3.63, 3.8) is 0 Å². The van der Waals surface area contributed by atoms with Gasteiger partial charge in [0.05, 0.1) is 0 Å². The molecule has 4 heteroatoms. The summed E-state index contributed by atoms with van der Waals surface area (Å²) < 4.78 is 0. The Bertz CT molecular complexity index is 749. The average molecular weight is 292 g/mol. The number of hydrogen-bond donors (Lipinski definition) is 2. The molecule has 0 aliphatic heterocycles. The molecule has 0 aliphatic carbocycles. The summed E-state index contributed by atoms with van der Waals surface area (Å²) in [6.07, 6.45) is 1.84. The first-order valence-corrected chi connectivity index (χ1v) is 4.99. The Labute approximate surface area is 107 Å². The van der Waals surface area contributed by atoms with Gasteiger partial charge < -0.3 is 10.1 Å². The van der Waals surface area contributed by atoms with E-state index < -0.39 is 0 Å². The van der Waals surface area contributed by atoms with E-state index >= 15 is 0 Å². The molecule has 1 heterocycles. The van der Waals surface area contributed by atoms with Crippen LogP contribution >= 0.6 is 17.0 Å². The van der Waals surface area contributed by atoms with Gasteiger partial charge in [-0.3, -0.25) is 4.79 Å². The molecule has 0 fully saturated rings. The molecular weight excluding hydrogens is 282 g/mol. The fourth-order valence-electron chi connectivity index (χ4n) is 1.90. The number of nitrogens with one attached hydrogen (secondary N) is 1. The summed E-state index contributed by atoms with van der Waals surface area (Å²) >= 11 is 0. The quantitative estimate of drug-likeness (QED) is 0.626. The third-order valence-electron chi connectivity index (χ3n) is 2.73. The lowest BCUT2D eigenvalue weighted by Crippen LogP contribution is -1.99. The molecule has 0 amide bonds. The van der Waals surface area contributed by atoms with Crippen molar-refractivity contribution >= 4 is 38.7 Å². The summed E-state index contributed by atoms with van der Waals surface area (Å²) in [6, 6.07) is 10.7. The van der Waals surface area contributed by atoms with E-state index in [1.54, 1.807) is 12.1 Å². The van der Waals surface area contributed by atoms with Gasteiger partial charge in [0.1, 0.15) is 0 Å². The first-order valence-electron chi connectivity index (χ1n) is 4.99. The summed E-state index contributed by atoms with van der Waals surface area (Å²) in [5.41, 5.74) is 0.656. The molecule has 2 N–H and O–H groups in total. The van der Waals surface area contributed by atoms with Crippen molar-refractivity contribution in [1.82, 2.24) is 4.98 Å². The van der Waals surface area contributed by atoms with Gasteiger partial charge in [-0.05, 0) is 35.0 Å². The van der Waals surface area contributed by atoms with Crippen LogP contribution in [0, 0.1) is 0 Å². The fraction of sp³-hybridized carbons (Fsp3) is 0. The third-order valence-corrected chi connectivity index (χ3v) is 2.73. The van der Waals surface area contributed by atoms with E-state index in [4.69, 9.17) is 0 Å². The molecule has 3 aromatic rings. The largest absolute Gasteiger partial charge is 0.504 e. The Morgan fingerprint density at radius 2 is 1.88 bits per heavy atom. The maximum atomic E-state index is 11.7. The summed E-state index contributed by atoms with van der Waals surface area (Å²) in [5, 5.41) is 11.7. The highest BCUT2D eigenvalue weighted by Gasteiger charge is 2.04. The maximum absolute atomic E-state index is 11.7. The zero-order valence-corrected chi connectivity index (χ0v) is 10.5. The molecule has 0 saturated carbocycles. The molecule has 0 radical (unpaired) electrons. The highest BCUT2D eigenvalue weighted by Crippen LogP contribution is 2.20. The molecule has 1 aromatic heterocycles. The summed E-state index contributed by atoms with van der Waals surface area (Å²) in [4.78, 5) is 14.8. The topological polar surface area (TPSA) is 53.1 Å². The van der Waals surface area contributed by atoms with Crippen molar-refractivity contribution in [2.24, 2.45) is 0 Å². The second-order valence-electron chi connectivity index (χ2n) is 3.74. The number of rotatable bonds is 0. The van der Waals surface area contributed by atoms with Crippen molar-refractivity contribution in [2.75, 3.05) is 0 Å². The van der Waals surface area contributed by atoms with E-state index in [2.05, 4.69) is 4.98 Å². The number of aromatic hydroxyl groups is 1. The average Bonchev–Trinajstić information content (AvgIpc) is 2.32. The molecule has 0 saturated heterocycles. The minimum absolute atomic E-state index is 0. The Morgan fingerprint density at radius 3 is 2.71 bits per heavy atom. The van der Waals surface area contributed by atoms with Gasteiger partial charge in [0.15, 0.2) is 5.75 Å². The van der Waals surface area contributed by atoms with Crippen molar-refractivity contribution in [2.45, 2.75) is 0 Å². The standard InChI is InChI=1S/C13H9NO2.BrH/c15-12-4-3-8-7-11-9(2-1-5-14-11)6-10(8)13(12)16;/h1-7,14-15H;1H. The Balaban J connectivity index is 0.00000108. The van der Waals surface area contributed by atoms with Crippen molar-refractivity contribution in [1.29, 1.82) is 0 Å². The molecule has 3 nitrogen and oxygen atoms in total. The van der Waals surface area contributed by atoms with Crippen LogP contribution in [-0.4, -0.2) is 10.1 Å². The van der Waals surface area contributed by atoms with E-state index in [0.29, 0.717) is 5.39 Å². The molecule has 3 rings (SSSR count). The van der Waals surface area contributed by atoms with E-state index in [1.165, 1.54) is 6.07 Å². The first kappa shape index (κ1) is 11.7. The number of hydrogen-bond acceptors (Lipinski definition) is 2. The third kappa shape index (κ3) is 1.80. The lowest BCUT2D eigenvalue weighted by Gasteiger charge is -2.01. The SMILES string of the molecule is Br.O=c1c(O)ccc2cc3[nH]cccc3cc12. The van der Waals surface area contributed by atoms with Gasteiger partial charge >= 0.3 is 0 Å². The van der Waals surface area contributed by atoms with Gasteiger partial charge in [-0.25, -0.2) is 0 Å². The summed E-state index contributed by atoms with van der Waals surface area (Å²) in [7, 11) is 0. The smallest absolute Gasteiger partial charge is 0.227 e.